The van der Waals surface area contributed by atoms with Gasteiger partial charge in [0, 0.05) is 22.8 Å². The molecule has 0 radical (unpaired) electrons. The molecule has 6 heteroatoms. The molecular formula is C11H12BrClN4. The Balaban J connectivity index is 2.38. The van der Waals surface area contributed by atoms with Gasteiger partial charge in [-0.15, -0.1) is 0 Å². The minimum atomic E-state index is 0.601. The van der Waals surface area contributed by atoms with Crippen molar-refractivity contribution >= 4 is 27.5 Å². The zero-order chi connectivity index (χ0) is 12.3. The number of hydrogen-bond acceptors (Lipinski definition) is 3. The van der Waals surface area contributed by atoms with Crippen molar-refractivity contribution in [1.29, 1.82) is 0 Å². The smallest absolute Gasteiger partial charge is 0.157 e. The SMILES string of the molecule is CCNCc1cc(Br)cnc1-n1cc(Cl)cn1. The lowest BCUT2D eigenvalue weighted by molar-refractivity contribution is 0.709. The fourth-order valence-corrected chi connectivity index (χ4v) is 2.00. The average molecular weight is 316 g/mol. The maximum atomic E-state index is 5.86. The highest BCUT2D eigenvalue weighted by atomic mass is 79.9. The van der Waals surface area contributed by atoms with Gasteiger partial charge in [-0.1, -0.05) is 18.5 Å². The summed E-state index contributed by atoms with van der Waals surface area (Å²) in [5, 5.41) is 8.04. The van der Waals surface area contributed by atoms with Crippen LogP contribution in [0.3, 0.4) is 0 Å². The van der Waals surface area contributed by atoms with Crippen LogP contribution in [0.15, 0.2) is 29.1 Å². The zero-order valence-electron chi connectivity index (χ0n) is 9.32. The van der Waals surface area contributed by atoms with Crippen molar-refractivity contribution in [2.75, 3.05) is 6.54 Å². The van der Waals surface area contributed by atoms with Crippen molar-refractivity contribution in [3.05, 3.63) is 39.7 Å². The maximum absolute atomic E-state index is 5.86. The lowest BCUT2D eigenvalue weighted by Gasteiger charge is -2.09. The summed E-state index contributed by atoms with van der Waals surface area (Å²) >= 11 is 9.28. The molecule has 2 rings (SSSR count). The minimum Gasteiger partial charge on any atom is -0.313 e. The molecule has 2 aromatic heterocycles. The van der Waals surface area contributed by atoms with Crippen molar-refractivity contribution in [3.63, 3.8) is 0 Å². The van der Waals surface area contributed by atoms with E-state index in [0.717, 1.165) is 28.9 Å². The van der Waals surface area contributed by atoms with Gasteiger partial charge in [0.25, 0.3) is 0 Å². The molecule has 2 aromatic rings. The van der Waals surface area contributed by atoms with E-state index in [1.165, 1.54) is 0 Å². The van der Waals surface area contributed by atoms with Gasteiger partial charge >= 0.3 is 0 Å². The third-order valence-electron chi connectivity index (χ3n) is 2.24. The third kappa shape index (κ3) is 3.06. The van der Waals surface area contributed by atoms with Crippen LogP contribution in [0.4, 0.5) is 0 Å². The van der Waals surface area contributed by atoms with Crippen LogP contribution in [-0.2, 0) is 6.54 Å². The summed E-state index contributed by atoms with van der Waals surface area (Å²) in [6.45, 7) is 3.72. The second kappa shape index (κ2) is 5.62. The van der Waals surface area contributed by atoms with Gasteiger partial charge in [-0.3, -0.25) is 0 Å². The second-order valence-corrected chi connectivity index (χ2v) is 4.87. The molecule has 0 spiro atoms. The molecule has 0 aliphatic rings. The van der Waals surface area contributed by atoms with E-state index < -0.39 is 0 Å². The topological polar surface area (TPSA) is 42.7 Å². The van der Waals surface area contributed by atoms with E-state index in [4.69, 9.17) is 11.6 Å². The Morgan fingerprint density at radius 3 is 2.94 bits per heavy atom. The van der Waals surface area contributed by atoms with Crippen molar-refractivity contribution in [2.45, 2.75) is 13.5 Å². The van der Waals surface area contributed by atoms with E-state index in [2.05, 4.69) is 38.3 Å². The van der Waals surface area contributed by atoms with Crippen molar-refractivity contribution in [3.8, 4) is 5.82 Å². The highest BCUT2D eigenvalue weighted by Gasteiger charge is 2.08. The highest BCUT2D eigenvalue weighted by molar-refractivity contribution is 9.10. The lowest BCUT2D eigenvalue weighted by Crippen LogP contribution is -2.15. The van der Waals surface area contributed by atoms with E-state index in [1.54, 1.807) is 23.3 Å². The molecule has 0 amide bonds. The molecule has 0 aliphatic heterocycles. The summed E-state index contributed by atoms with van der Waals surface area (Å²) in [4.78, 5) is 4.37. The van der Waals surface area contributed by atoms with Crippen LogP contribution in [0.2, 0.25) is 5.02 Å². The van der Waals surface area contributed by atoms with E-state index >= 15 is 0 Å². The monoisotopic (exact) mass is 314 g/mol. The summed E-state index contributed by atoms with van der Waals surface area (Å²) in [6, 6.07) is 2.03. The van der Waals surface area contributed by atoms with E-state index in [0.29, 0.717) is 5.02 Å². The number of hydrogen-bond donors (Lipinski definition) is 1. The molecule has 1 N–H and O–H groups in total. The molecule has 0 bridgehead atoms. The van der Waals surface area contributed by atoms with Gasteiger partial charge in [0.2, 0.25) is 0 Å². The lowest BCUT2D eigenvalue weighted by atomic mass is 10.2. The highest BCUT2D eigenvalue weighted by Crippen LogP contribution is 2.18. The first-order valence-electron chi connectivity index (χ1n) is 5.26. The Bertz CT molecular complexity index is 512. The zero-order valence-corrected chi connectivity index (χ0v) is 11.7. The van der Waals surface area contributed by atoms with E-state index in [1.807, 2.05) is 6.07 Å². The first-order valence-corrected chi connectivity index (χ1v) is 6.43. The predicted octanol–water partition coefficient (Wildman–Crippen LogP) is 2.79. The number of nitrogens with one attached hydrogen (secondary N) is 1. The first kappa shape index (κ1) is 12.5. The van der Waals surface area contributed by atoms with Crippen LogP contribution in [0.5, 0.6) is 0 Å². The van der Waals surface area contributed by atoms with Gasteiger partial charge in [0.15, 0.2) is 5.82 Å². The van der Waals surface area contributed by atoms with Gasteiger partial charge < -0.3 is 5.32 Å². The van der Waals surface area contributed by atoms with Crippen LogP contribution in [0.1, 0.15) is 12.5 Å². The van der Waals surface area contributed by atoms with E-state index in [-0.39, 0.29) is 0 Å². The Labute approximate surface area is 113 Å². The molecule has 4 nitrogen and oxygen atoms in total. The van der Waals surface area contributed by atoms with Crippen LogP contribution in [0, 0.1) is 0 Å². The largest absolute Gasteiger partial charge is 0.313 e. The number of halogens is 2. The summed E-state index contributed by atoms with van der Waals surface area (Å²) in [7, 11) is 0. The second-order valence-electron chi connectivity index (χ2n) is 3.52. The van der Waals surface area contributed by atoms with Crippen LogP contribution in [0.25, 0.3) is 5.82 Å². The summed E-state index contributed by atoms with van der Waals surface area (Å²) < 4.78 is 2.63. The van der Waals surface area contributed by atoms with Gasteiger partial charge in [-0.05, 0) is 28.5 Å². The minimum absolute atomic E-state index is 0.601. The quantitative estimate of drug-likeness (QED) is 0.943. The van der Waals surface area contributed by atoms with Crippen molar-refractivity contribution in [2.24, 2.45) is 0 Å². The summed E-state index contributed by atoms with van der Waals surface area (Å²) in [6.07, 6.45) is 5.09. The molecule has 0 aliphatic carbocycles. The fourth-order valence-electron chi connectivity index (χ4n) is 1.49. The van der Waals surface area contributed by atoms with Gasteiger partial charge in [-0.25, -0.2) is 9.67 Å². The van der Waals surface area contributed by atoms with E-state index in [9.17, 15) is 0 Å². The first-order chi connectivity index (χ1) is 8.20. The molecule has 0 saturated heterocycles. The predicted molar refractivity (Wildman–Crippen MR) is 71.4 cm³/mol. The molecule has 90 valence electrons. The Morgan fingerprint density at radius 2 is 2.29 bits per heavy atom. The molecule has 0 saturated carbocycles. The number of rotatable bonds is 4. The van der Waals surface area contributed by atoms with Gasteiger partial charge in [0.05, 0.1) is 17.4 Å². The van der Waals surface area contributed by atoms with Crippen LogP contribution < -0.4 is 5.32 Å². The van der Waals surface area contributed by atoms with Crippen LogP contribution >= 0.6 is 27.5 Å². The molecule has 17 heavy (non-hydrogen) atoms. The summed E-state index contributed by atoms with van der Waals surface area (Å²) in [5.74, 6) is 0.793. The molecule has 2 heterocycles. The normalized spacial score (nSPS) is 10.8. The average Bonchev–Trinajstić information content (AvgIpc) is 2.73. The molecule has 0 unspecified atom stereocenters. The number of pyridine rings is 1. The Hall–Kier alpha value is -0.910. The Kier molecular flexibility index (Phi) is 4.15. The van der Waals surface area contributed by atoms with Crippen molar-refractivity contribution in [1.82, 2.24) is 20.1 Å². The third-order valence-corrected chi connectivity index (χ3v) is 2.87. The van der Waals surface area contributed by atoms with Gasteiger partial charge in [-0.2, -0.15) is 5.10 Å². The molecule has 0 atom stereocenters. The number of aromatic nitrogens is 3. The van der Waals surface area contributed by atoms with Crippen molar-refractivity contribution < 1.29 is 0 Å². The van der Waals surface area contributed by atoms with Gasteiger partial charge in [0.1, 0.15) is 0 Å². The fraction of sp³-hybridized carbons (Fsp3) is 0.273. The molecule has 0 aromatic carbocycles. The molecule has 0 fully saturated rings. The van der Waals surface area contributed by atoms with Crippen LogP contribution in [-0.4, -0.2) is 21.3 Å². The molecular weight excluding hydrogens is 304 g/mol. The standard InChI is InChI=1S/C11H12BrClN4/c1-2-14-4-8-3-9(12)5-15-11(8)17-7-10(13)6-16-17/h3,5-7,14H,2,4H2,1H3. The summed E-state index contributed by atoms with van der Waals surface area (Å²) in [5.41, 5.74) is 1.07. The Morgan fingerprint density at radius 1 is 1.47 bits per heavy atom. The number of nitrogens with zero attached hydrogens (tertiary/aromatic N) is 3. The maximum Gasteiger partial charge on any atom is 0.157 e.